The van der Waals surface area contributed by atoms with Gasteiger partial charge in [-0.25, -0.2) is 0 Å². The van der Waals surface area contributed by atoms with Crippen molar-refractivity contribution >= 4 is 5.91 Å². The van der Waals surface area contributed by atoms with Gasteiger partial charge in [-0.2, -0.15) is 0 Å². The standard InChI is InChI=1S/C19H23NO/c20-19(21)13-7-12-18(17-10-5-2-6-11-17)15-14-16-8-3-1-4-9-16/h1-6,8-11,18H,7,12-15H2,(H2,20,21). The maximum absolute atomic E-state index is 10.9. The lowest BCUT2D eigenvalue weighted by Crippen LogP contribution is -2.11. The number of benzene rings is 2. The Labute approximate surface area is 127 Å². The first-order valence-corrected chi connectivity index (χ1v) is 7.63. The molecule has 21 heavy (non-hydrogen) atoms. The summed E-state index contributed by atoms with van der Waals surface area (Å²) in [6.07, 6.45) is 4.53. The fourth-order valence-electron chi connectivity index (χ4n) is 2.71. The van der Waals surface area contributed by atoms with Gasteiger partial charge in [-0.3, -0.25) is 4.79 Å². The van der Waals surface area contributed by atoms with Gasteiger partial charge < -0.3 is 5.73 Å². The van der Waals surface area contributed by atoms with Crippen molar-refractivity contribution in [3.8, 4) is 0 Å². The van der Waals surface area contributed by atoms with Crippen LogP contribution in [0.15, 0.2) is 60.7 Å². The van der Waals surface area contributed by atoms with Gasteiger partial charge in [-0.15, -0.1) is 0 Å². The second-order valence-corrected chi connectivity index (χ2v) is 5.49. The number of amides is 1. The van der Waals surface area contributed by atoms with E-state index >= 15 is 0 Å². The van der Waals surface area contributed by atoms with E-state index < -0.39 is 0 Å². The number of nitrogens with two attached hydrogens (primary N) is 1. The number of aryl methyl sites for hydroxylation is 1. The molecule has 1 atom stereocenters. The van der Waals surface area contributed by atoms with Gasteiger partial charge in [0.1, 0.15) is 0 Å². The van der Waals surface area contributed by atoms with Crippen LogP contribution in [0.5, 0.6) is 0 Å². The van der Waals surface area contributed by atoms with E-state index in [0.717, 1.165) is 25.7 Å². The first kappa shape index (κ1) is 15.3. The number of carbonyl (C=O) groups excluding carboxylic acids is 1. The number of rotatable bonds is 8. The monoisotopic (exact) mass is 281 g/mol. The summed E-state index contributed by atoms with van der Waals surface area (Å²) in [5, 5.41) is 0. The molecule has 1 unspecified atom stereocenters. The number of hydrogen-bond acceptors (Lipinski definition) is 1. The van der Waals surface area contributed by atoms with Gasteiger partial charge in [0.15, 0.2) is 0 Å². The molecule has 0 aliphatic heterocycles. The quantitative estimate of drug-likeness (QED) is 0.779. The number of primary amides is 1. The molecule has 0 heterocycles. The minimum Gasteiger partial charge on any atom is -0.370 e. The van der Waals surface area contributed by atoms with Crippen molar-refractivity contribution in [1.29, 1.82) is 0 Å². The van der Waals surface area contributed by atoms with E-state index in [1.165, 1.54) is 11.1 Å². The van der Waals surface area contributed by atoms with Crippen LogP contribution in [0.2, 0.25) is 0 Å². The Bertz CT molecular complexity index is 536. The summed E-state index contributed by atoms with van der Waals surface area (Å²) in [7, 11) is 0. The summed E-state index contributed by atoms with van der Waals surface area (Å²) in [4.78, 5) is 10.9. The summed E-state index contributed by atoms with van der Waals surface area (Å²) in [5.41, 5.74) is 7.97. The van der Waals surface area contributed by atoms with Gasteiger partial charge in [-0.05, 0) is 42.7 Å². The molecular formula is C19H23NO. The molecule has 2 aromatic rings. The highest BCUT2D eigenvalue weighted by Gasteiger charge is 2.12. The highest BCUT2D eigenvalue weighted by molar-refractivity contribution is 5.73. The minimum atomic E-state index is -0.204. The molecule has 0 radical (unpaired) electrons. The van der Waals surface area contributed by atoms with Crippen LogP contribution in [0.25, 0.3) is 0 Å². The van der Waals surface area contributed by atoms with Crippen LogP contribution < -0.4 is 5.73 Å². The van der Waals surface area contributed by atoms with Gasteiger partial charge >= 0.3 is 0 Å². The number of carbonyl (C=O) groups is 1. The molecular weight excluding hydrogens is 258 g/mol. The molecule has 2 aromatic carbocycles. The van der Waals surface area contributed by atoms with Gasteiger partial charge in [0.2, 0.25) is 5.91 Å². The highest BCUT2D eigenvalue weighted by atomic mass is 16.1. The Morgan fingerprint density at radius 1 is 0.905 bits per heavy atom. The van der Waals surface area contributed by atoms with Gasteiger partial charge in [0.05, 0.1) is 0 Å². The zero-order chi connectivity index (χ0) is 14.9. The lowest BCUT2D eigenvalue weighted by Gasteiger charge is -2.17. The average molecular weight is 281 g/mol. The van der Waals surface area contributed by atoms with Crippen molar-refractivity contribution in [2.75, 3.05) is 0 Å². The van der Waals surface area contributed by atoms with E-state index in [1.54, 1.807) is 0 Å². The van der Waals surface area contributed by atoms with Crippen LogP contribution in [-0.4, -0.2) is 5.91 Å². The van der Waals surface area contributed by atoms with Crippen molar-refractivity contribution in [2.45, 2.75) is 38.0 Å². The van der Waals surface area contributed by atoms with Crippen LogP contribution in [0.3, 0.4) is 0 Å². The molecule has 1 amide bonds. The highest BCUT2D eigenvalue weighted by Crippen LogP contribution is 2.27. The molecule has 0 saturated heterocycles. The maximum atomic E-state index is 10.9. The molecule has 110 valence electrons. The average Bonchev–Trinajstić information content (AvgIpc) is 2.52. The van der Waals surface area contributed by atoms with Gasteiger partial charge in [-0.1, -0.05) is 60.7 Å². The van der Waals surface area contributed by atoms with E-state index in [9.17, 15) is 4.79 Å². The number of hydrogen-bond donors (Lipinski definition) is 1. The molecule has 2 N–H and O–H groups in total. The molecule has 0 aliphatic rings. The molecule has 2 heteroatoms. The Morgan fingerprint density at radius 2 is 1.52 bits per heavy atom. The van der Waals surface area contributed by atoms with Crippen LogP contribution in [-0.2, 0) is 11.2 Å². The topological polar surface area (TPSA) is 43.1 Å². The SMILES string of the molecule is NC(=O)CCCC(CCc1ccccc1)c1ccccc1. The van der Waals surface area contributed by atoms with Gasteiger partial charge in [0.25, 0.3) is 0 Å². The smallest absolute Gasteiger partial charge is 0.217 e. The van der Waals surface area contributed by atoms with E-state index in [1.807, 2.05) is 12.1 Å². The molecule has 0 saturated carbocycles. The minimum absolute atomic E-state index is 0.204. The molecule has 2 rings (SSSR count). The molecule has 0 aliphatic carbocycles. The lowest BCUT2D eigenvalue weighted by molar-refractivity contribution is -0.118. The van der Waals surface area contributed by atoms with E-state index in [2.05, 4.69) is 48.5 Å². The molecule has 0 aromatic heterocycles. The predicted molar refractivity (Wildman–Crippen MR) is 87.0 cm³/mol. The Balaban J connectivity index is 1.96. The molecule has 2 nitrogen and oxygen atoms in total. The second-order valence-electron chi connectivity index (χ2n) is 5.49. The first-order valence-electron chi connectivity index (χ1n) is 7.63. The Hall–Kier alpha value is -2.09. The normalized spacial score (nSPS) is 12.0. The fourth-order valence-corrected chi connectivity index (χ4v) is 2.71. The third kappa shape index (κ3) is 5.42. The third-order valence-electron chi connectivity index (χ3n) is 3.87. The molecule has 0 bridgehead atoms. The predicted octanol–water partition coefficient (Wildman–Crippen LogP) is 4.06. The maximum Gasteiger partial charge on any atom is 0.217 e. The van der Waals surface area contributed by atoms with Crippen molar-refractivity contribution in [1.82, 2.24) is 0 Å². The van der Waals surface area contributed by atoms with Gasteiger partial charge in [0, 0.05) is 6.42 Å². The third-order valence-corrected chi connectivity index (χ3v) is 3.87. The fraction of sp³-hybridized carbons (Fsp3) is 0.316. The van der Waals surface area contributed by atoms with Crippen LogP contribution >= 0.6 is 0 Å². The van der Waals surface area contributed by atoms with Crippen LogP contribution in [0.4, 0.5) is 0 Å². The zero-order valence-electron chi connectivity index (χ0n) is 12.4. The molecule has 0 fully saturated rings. The molecule has 0 spiro atoms. The second kappa shape index (κ2) is 8.25. The summed E-state index contributed by atoms with van der Waals surface area (Å²) in [6.45, 7) is 0. The summed E-state index contributed by atoms with van der Waals surface area (Å²) in [6, 6.07) is 21.1. The van der Waals surface area contributed by atoms with Crippen molar-refractivity contribution in [2.24, 2.45) is 5.73 Å². The Morgan fingerprint density at radius 3 is 2.14 bits per heavy atom. The zero-order valence-corrected chi connectivity index (χ0v) is 12.4. The lowest BCUT2D eigenvalue weighted by atomic mass is 9.88. The van der Waals surface area contributed by atoms with E-state index in [0.29, 0.717) is 12.3 Å². The first-order chi connectivity index (χ1) is 10.3. The Kier molecular flexibility index (Phi) is 6.01. The van der Waals surface area contributed by atoms with Crippen molar-refractivity contribution < 1.29 is 4.79 Å². The van der Waals surface area contributed by atoms with E-state index in [-0.39, 0.29) is 5.91 Å². The largest absolute Gasteiger partial charge is 0.370 e. The summed E-state index contributed by atoms with van der Waals surface area (Å²) >= 11 is 0. The van der Waals surface area contributed by atoms with Crippen LogP contribution in [0, 0.1) is 0 Å². The van der Waals surface area contributed by atoms with Crippen molar-refractivity contribution in [3.63, 3.8) is 0 Å². The van der Waals surface area contributed by atoms with Crippen LogP contribution in [0.1, 0.15) is 42.7 Å². The van der Waals surface area contributed by atoms with Crippen molar-refractivity contribution in [3.05, 3.63) is 71.8 Å². The summed E-state index contributed by atoms with van der Waals surface area (Å²) in [5.74, 6) is 0.288. The summed E-state index contributed by atoms with van der Waals surface area (Å²) < 4.78 is 0. The van der Waals surface area contributed by atoms with E-state index in [4.69, 9.17) is 5.73 Å².